The molecule has 0 aromatic heterocycles. The van der Waals surface area contributed by atoms with Gasteiger partial charge in [-0.25, -0.2) is 8.78 Å². The molecule has 1 saturated heterocycles. The Bertz CT molecular complexity index is 517. The van der Waals surface area contributed by atoms with E-state index in [0.717, 1.165) is 6.07 Å². The Morgan fingerprint density at radius 1 is 1.36 bits per heavy atom. The van der Waals surface area contributed by atoms with Gasteiger partial charge < -0.3 is 10.4 Å². The SMILES string of the molecule is Cl.Cl.O=[N+]([O-])c1cc(F)c(O)c([C@H](CF)N2CCNCC2)c1. The van der Waals surface area contributed by atoms with Crippen molar-refractivity contribution in [3.63, 3.8) is 0 Å². The topological polar surface area (TPSA) is 78.6 Å². The number of nitrogens with zero attached hydrogens (tertiary/aromatic N) is 2. The van der Waals surface area contributed by atoms with E-state index in [-0.39, 0.29) is 30.4 Å². The van der Waals surface area contributed by atoms with E-state index in [2.05, 4.69) is 5.32 Å². The molecule has 10 heteroatoms. The van der Waals surface area contributed by atoms with Crippen LogP contribution in [0.1, 0.15) is 11.6 Å². The third-order valence-electron chi connectivity index (χ3n) is 3.39. The monoisotopic (exact) mass is 359 g/mol. The number of nitrogens with one attached hydrogen (secondary N) is 1. The summed E-state index contributed by atoms with van der Waals surface area (Å²) in [4.78, 5) is 11.7. The minimum Gasteiger partial charge on any atom is -0.505 e. The molecular weight excluding hydrogens is 343 g/mol. The lowest BCUT2D eigenvalue weighted by Crippen LogP contribution is -2.45. The van der Waals surface area contributed by atoms with Crippen molar-refractivity contribution >= 4 is 30.5 Å². The lowest BCUT2D eigenvalue weighted by atomic mass is 10.0. The van der Waals surface area contributed by atoms with Gasteiger partial charge in [-0.15, -0.1) is 24.8 Å². The van der Waals surface area contributed by atoms with Crippen molar-refractivity contribution in [2.45, 2.75) is 6.04 Å². The average Bonchev–Trinajstić information content (AvgIpc) is 2.45. The number of halogens is 4. The molecule has 22 heavy (non-hydrogen) atoms. The zero-order valence-electron chi connectivity index (χ0n) is 11.5. The van der Waals surface area contributed by atoms with Crippen LogP contribution in [0.15, 0.2) is 12.1 Å². The van der Waals surface area contributed by atoms with E-state index in [9.17, 15) is 24.0 Å². The molecule has 0 amide bonds. The molecule has 0 radical (unpaired) electrons. The minimum atomic E-state index is -1.11. The van der Waals surface area contributed by atoms with Gasteiger partial charge in [0.1, 0.15) is 6.67 Å². The number of nitro groups is 1. The zero-order chi connectivity index (χ0) is 14.7. The second-order valence-corrected chi connectivity index (χ2v) is 4.58. The Kier molecular flexibility index (Phi) is 8.54. The van der Waals surface area contributed by atoms with Crippen LogP contribution in [0.5, 0.6) is 5.75 Å². The largest absolute Gasteiger partial charge is 0.505 e. The normalized spacial score (nSPS) is 16.3. The zero-order valence-corrected chi connectivity index (χ0v) is 13.1. The number of alkyl halides is 1. The van der Waals surface area contributed by atoms with Crippen molar-refractivity contribution in [2.75, 3.05) is 32.9 Å². The van der Waals surface area contributed by atoms with Gasteiger partial charge in [-0.05, 0) is 0 Å². The number of aromatic hydroxyl groups is 1. The van der Waals surface area contributed by atoms with E-state index < -0.39 is 34.9 Å². The molecule has 1 aliphatic rings. The van der Waals surface area contributed by atoms with E-state index in [1.165, 1.54) is 0 Å². The molecule has 0 saturated carbocycles. The maximum atomic E-state index is 13.6. The van der Waals surface area contributed by atoms with Gasteiger partial charge in [-0.3, -0.25) is 15.0 Å². The molecule has 0 aliphatic carbocycles. The van der Waals surface area contributed by atoms with Crippen molar-refractivity contribution in [1.82, 2.24) is 10.2 Å². The number of rotatable bonds is 4. The highest BCUT2D eigenvalue weighted by molar-refractivity contribution is 5.85. The molecule has 1 atom stereocenters. The van der Waals surface area contributed by atoms with E-state index in [1.807, 2.05) is 0 Å². The highest BCUT2D eigenvalue weighted by atomic mass is 35.5. The van der Waals surface area contributed by atoms with Crippen LogP contribution in [0, 0.1) is 15.9 Å². The lowest BCUT2D eigenvalue weighted by Gasteiger charge is -2.33. The number of phenols is 1. The first kappa shape index (κ1) is 20.8. The number of non-ortho nitro benzene ring substituents is 1. The van der Waals surface area contributed by atoms with Crippen molar-refractivity contribution in [2.24, 2.45) is 0 Å². The predicted molar refractivity (Wildman–Crippen MR) is 82.4 cm³/mol. The molecular formula is C12H17Cl2F2N3O3. The van der Waals surface area contributed by atoms with Crippen LogP contribution in [-0.2, 0) is 0 Å². The van der Waals surface area contributed by atoms with E-state index >= 15 is 0 Å². The third kappa shape index (κ3) is 4.39. The molecule has 1 aliphatic heterocycles. The molecule has 0 unspecified atom stereocenters. The van der Waals surface area contributed by atoms with Gasteiger partial charge in [0.05, 0.1) is 17.0 Å². The van der Waals surface area contributed by atoms with Crippen molar-refractivity contribution in [3.8, 4) is 5.75 Å². The van der Waals surface area contributed by atoms with Gasteiger partial charge in [-0.1, -0.05) is 0 Å². The van der Waals surface area contributed by atoms with Crippen LogP contribution in [-0.4, -0.2) is 47.8 Å². The minimum absolute atomic E-state index is 0. The third-order valence-corrected chi connectivity index (χ3v) is 3.39. The second kappa shape index (κ2) is 9.04. The molecule has 2 rings (SSSR count). The fraction of sp³-hybridized carbons (Fsp3) is 0.500. The van der Waals surface area contributed by atoms with E-state index in [4.69, 9.17) is 0 Å². The van der Waals surface area contributed by atoms with Crippen molar-refractivity contribution < 1.29 is 18.8 Å². The molecule has 1 aromatic carbocycles. The molecule has 6 nitrogen and oxygen atoms in total. The van der Waals surface area contributed by atoms with Gasteiger partial charge in [0, 0.05) is 37.8 Å². The van der Waals surface area contributed by atoms with Crippen LogP contribution >= 0.6 is 24.8 Å². The predicted octanol–water partition coefficient (Wildman–Crippen LogP) is 2.20. The molecule has 0 bridgehead atoms. The van der Waals surface area contributed by atoms with Crippen LogP contribution in [0.3, 0.4) is 0 Å². The number of nitro benzene ring substituents is 1. The summed E-state index contributed by atoms with van der Waals surface area (Å²) < 4.78 is 26.9. The summed E-state index contributed by atoms with van der Waals surface area (Å²) in [6, 6.07) is 0.780. The molecule has 1 fully saturated rings. The standard InChI is InChI=1S/C12H15F2N3O3.2ClH/c13-7-11(16-3-1-15-2-4-16)9-5-8(17(19)20)6-10(14)12(9)18;;/h5-6,11,15,18H,1-4,7H2;2*1H/t11-;;/m0../s1. The first-order chi connectivity index (χ1) is 9.54. The average molecular weight is 360 g/mol. The lowest BCUT2D eigenvalue weighted by molar-refractivity contribution is -0.385. The number of hydrogen-bond acceptors (Lipinski definition) is 5. The maximum Gasteiger partial charge on any atom is 0.272 e. The van der Waals surface area contributed by atoms with E-state index in [0.29, 0.717) is 32.2 Å². The Hall–Kier alpha value is -1.22. The van der Waals surface area contributed by atoms with Gasteiger partial charge in [-0.2, -0.15) is 0 Å². The number of phenolic OH excluding ortho intramolecular Hbond substituents is 1. The first-order valence-electron chi connectivity index (χ1n) is 6.22. The van der Waals surface area contributed by atoms with Crippen molar-refractivity contribution in [3.05, 3.63) is 33.6 Å². The fourth-order valence-electron chi connectivity index (χ4n) is 2.34. The smallest absolute Gasteiger partial charge is 0.272 e. The summed E-state index contributed by atoms with van der Waals surface area (Å²) in [5.41, 5.74) is -0.579. The summed E-state index contributed by atoms with van der Waals surface area (Å²) in [6.45, 7) is 1.49. The van der Waals surface area contributed by atoms with Crippen LogP contribution in [0.2, 0.25) is 0 Å². The highest BCUT2D eigenvalue weighted by Gasteiger charge is 2.28. The Morgan fingerprint density at radius 3 is 2.45 bits per heavy atom. The molecule has 1 heterocycles. The summed E-state index contributed by atoms with van der Waals surface area (Å²) in [7, 11) is 0. The molecule has 1 aromatic rings. The molecule has 0 spiro atoms. The highest BCUT2D eigenvalue weighted by Crippen LogP contribution is 2.34. The summed E-state index contributed by atoms with van der Waals surface area (Å²) in [5, 5.41) is 23.6. The Morgan fingerprint density at radius 2 is 1.95 bits per heavy atom. The summed E-state index contributed by atoms with van der Waals surface area (Å²) >= 11 is 0. The van der Waals surface area contributed by atoms with Crippen LogP contribution in [0.4, 0.5) is 14.5 Å². The molecule has 2 N–H and O–H groups in total. The van der Waals surface area contributed by atoms with Gasteiger partial charge >= 0.3 is 0 Å². The first-order valence-corrected chi connectivity index (χ1v) is 6.22. The fourth-order valence-corrected chi connectivity index (χ4v) is 2.34. The van der Waals surface area contributed by atoms with Crippen LogP contribution in [0.25, 0.3) is 0 Å². The van der Waals surface area contributed by atoms with Crippen LogP contribution < -0.4 is 5.32 Å². The summed E-state index contributed by atoms with van der Waals surface area (Å²) in [6.07, 6.45) is 0. The number of hydrogen-bond donors (Lipinski definition) is 2. The van der Waals surface area contributed by atoms with Crippen molar-refractivity contribution in [1.29, 1.82) is 0 Å². The van der Waals surface area contributed by atoms with Gasteiger partial charge in [0.15, 0.2) is 11.6 Å². The van der Waals surface area contributed by atoms with E-state index in [1.54, 1.807) is 4.90 Å². The Labute approximate surface area is 138 Å². The second-order valence-electron chi connectivity index (χ2n) is 4.58. The van der Waals surface area contributed by atoms with Gasteiger partial charge in [0.2, 0.25) is 0 Å². The Balaban J connectivity index is 0.00000220. The van der Waals surface area contributed by atoms with Gasteiger partial charge in [0.25, 0.3) is 5.69 Å². The quantitative estimate of drug-likeness (QED) is 0.636. The number of piperazine rings is 1. The molecule has 126 valence electrons. The summed E-state index contributed by atoms with van der Waals surface area (Å²) in [5.74, 6) is -1.83. The maximum absolute atomic E-state index is 13.6. The number of benzene rings is 1.